The van der Waals surface area contributed by atoms with Gasteiger partial charge in [0.25, 0.3) is 0 Å². The van der Waals surface area contributed by atoms with Gasteiger partial charge in [0.1, 0.15) is 0 Å². The summed E-state index contributed by atoms with van der Waals surface area (Å²) in [6.07, 6.45) is 0. The monoisotopic (exact) mass is 326 g/mol. The van der Waals surface area contributed by atoms with E-state index >= 15 is 0 Å². The molecule has 0 amide bonds. The molecule has 2 aromatic rings. The van der Waals surface area contributed by atoms with Crippen LogP contribution in [0.2, 0.25) is 0 Å². The van der Waals surface area contributed by atoms with Crippen LogP contribution in [0, 0.1) is 0 Å². The van der Waals surface area contributed by atoms with Crippen molar-refractivity contribution in [3.05, 3.63) is 70.8 Å². The minimum absolute atomic E-state index is 0.0359. The fourth-order valence-corrected chi connectivity index (χ4v) is 2.49. The number of carbonyl (C=O) groups excluding carboxylic acids is 2. The van der Waals surface area contributed by atoms with Crippen molar-refractivity contribution in [3.8, 4) is 0 Å². The maximum absolute atomic E-state index is 11.9. The molecule has 0 radical (unpaired) electrons. The minimum atomic E-state index is -0.327. The maximum Gasteiger partial charge on any atom is 0.338 e. The number of ether oxygens (including phenoxy) is 2. The van der Waals surface area contributed by atoms with Crippen LogP contribution in [-0.2, 0) is 9.47 Å². The van der Waals surface area contributed by atoms with Crippen LogP contribution in [0.5, 0.6) is 0 Å². The van der Waals surface area contributed by atoms with Crippen molar-refractivity contribution in [1.29, 1.82) is 0 Å². The van der Waals surface area contributed by atoms with E-state index in [-0.39, 0.29) is 17.9 Å². The highest BCUT2D eigenvalue weighted by molar-refractivity contribution is 5.90. The Morgan fingerprint density at radius 1 is 0.833 bits per heavy atom. The van der Waals surface area contributed by atoms with Crippen molar-refractivity contribution >= 4 is 11.9 Å². The lowest BCUT2D eigenvalue weighted by molar-refractivity contribution is 0.0517. The molecule has 0 spiro atoms. The molecular formula is C20H22O4. The fraction of sp³-hybridized carbons (Fsp3) is 0.300. The first kappa shape index (κ1) is 17.7. The molecular weight excluding hydrogens is 304 g/mol. The standard InChI is InChI=1S/C20H22O4/c1-4-23-19(21)17-10-6-8-15(12-17)14(3)16-9-7-11-18(13-16)20(22)24-5-2/h6-14H,4-5H2,1-3H3. The summed E-state index contributed by atoms with van der Waals surface area (Å²) in [6, 6.07) is 14.8. The molecule has 0 fully saturated rings. The Hall–Kier alpha value is -2.62. The third-order valence-electron chi connectivity index (χ3n) is 3.80. The predicted molar refractivity (Wildman–Crippen MR) is 92.3 cm³/mol. The first-order valence-corrected chi connectivity index (χ1v) is 8.11. The van der Waals surface area contributed by atoms with E-state index in [1.165, 1.54) is 0 Å². The Morgan fingerprint density at radius 3 is 1.62 bits per heavy atom. The second kappa shape index (κ2) is 8.29. The van der Waals surface area contributed by atoms with E-state index in [1.807, 2.05) is 43.3 Å². The van der Waals surface area contributed by atoms with Gasteiger partial charge < -0.3 is 9.47 Å². The zero-order chi connectivity index (χ0) is 17.5. The van der Waals surface area contributed by atoms with Crippen LogP contribution in [-0.4, -0.2) is 25.2 Å². The Labute approximate surface area is 142 Å². The molecule has 0 aliphatic heterocycles. The summed E-state index contributed by atoms with van der Waals surface area (Å²) in [4.78, 5) is 23.8. The molecule has 0 aromatic heterocycles. The fourth-order valence-electron chi connectivity index (χ4n) is 2.49. The lowest BCUT2D eigenvalue weighted by atomic mass is 9.91. The average Bonchev–Trinajstić information content (AvgIpc) is 2.61. The summed E-state index contributed by atoms with van der Waals surface area (Å²) < 4.78 is 10.1. The Bertz CT molecular complexity index is 660. The molecule has 4 nitrogen and oxygen atoms in total. The van der Waals surface area contributed by atoms with Crippen LogP contribution in [0.15, 0.2) is 48.5 Å². The first-order chi connectivity index (χ1) is 11.6. The summed E-state index contributed by atoms with van der Waals surface area (Å²) in [5.74, 6) is -0.618. The molecule has 0 aliphatic carbocycles. The lowest BCUT2D eigenvalue weighted by Gasteiger charge is -2.14. The normalized spacial score (nSPS) is 10.5. The highest BCUT2D eigenvalue weighted by Gasteiger charge is 2.14. The molecule has 0 bridgehead atoms. The van der Waals surface area contributed by atoms with Crippen LogP contribution in [0.25, 0.3) is 0 Å². The summed E-state index contributed by atoms with van der Waals surface area (Å²) in [7, 11) is 0. The first-order valence-electron chi connectivity index (χ1n) is 8.11. The molecule has 2 aromatic carbocycles. The Kier molecular flexibility index (Phi) is 6.13. The van der Waals surface area contributed by atoms with Crippen LogP contribution in [0.1, 0.15) is 58.5 Å². The van der Waals surface area contributed by atoms with Crippen molar-refractivity contribution in [2.45, 2.75) is 26.7 Å². The molecule has 0 saturated carbocycles. The minimum Gasteiger partial charge on any atom is -0.462 e. The zero-order valence-electron chi connectivity index (χ0n) is 14.2. The van der Waals surface area contributed by atoms with Gasteiger partial charge in [-0.1, -0.05) is 31.2 Å². The number of benzene rings is 2. The van der Waals surface area contributed by atoms with Crippen LogP contribution >= 0.6 is 0 Å². The number of hydrogen-bond donors (Lipinski definition) is 0. The van der Waals surface area contributed by atoms with E-state index in [2.05, 4.69) is 0 Å². The Morgan fingerprint density at radius 2 is 1.25 bits per heavy atom. The van der Waals surface area contributed by atoms with Crippen LogP contribution in [0.3, 0.4) is 0 Å². The molecule has 126 valence electrons. The van der Waals surface area contributed by atoms with Crippen molar-refractivity contribution < 1.29 is 19.1 Å². The van der Waals surface area contributed by atoms with Gasteiger partial charge in [-0.05, 0) is 49.2 Å². The molecule has 0 heterocycles. The van der Waals surface area contributed by atoms with E-state index in [0.717, 1.165) is 11.1 Å². The molecule has 0 saturated heterocycles. The van der Waals surface area contributed by atoms with Crippen molar-refractivity contribution in [3.63, 3.8) is 0 Å². The SMILES string of the molecule is CCOC(=O)c1cccc(C(C)c2cccc(C(=O)OCC)c2)c1. The maximum atomic E-state index is 11.9. The van der Waals surface area contributed by atoms with Crippen molar-refractivity contribution in [2.24, 2.45) is 0 Å². The van der Waals surface area contributed by atoms with Crippen molar-refractivity contribution in [2.75, 3.05) is 13.2 Å². The van der Waals surface area contributed by atoms with E-state index in [9.17, 15) is 9.59 Å². The van der Waals surface area contributed by atoms with Gasteiger partial charge in [-0.3, -0.25) is 0 Å². The number of carbonyl (C=O) groups is 2. The van der Waals surface area contributed by atoms with Gasteiger partial charge in [0, 0.05) is 5.92 Å². The summed E-state index contributed by atoms with van der Waals surface area (Å²) >= 11 is 0. The molecule has 0 aliphatic rings. The predicted octanol–water partition coefficient (Wildman–Crippen LogP) is 4.19. The van der Waals surface area contributed by atoms with E-state index in [1.54, 1.807) is 26.0 Å². The quantitative estimate of drug-likeness (QED) is 0.747. The summed E-state index contributed by atoms with van der Waals surface area (Å²) in [6.45, 7) is 6.30. The number of hydrogen-bond acceptors (Lipinski definition) is 4. The molecule has 0 N–H and O–H groups in total. The van der Waals surface area contributed by atoms with Gasteiger partial charge in [0.2, 0.25) is 0 Å². The lowest BCUT2D eigenvalue weighted by Crippen LogP contribution is -2.07. The van der Waals surface area contributed by atoms with Crippen LogP contribution < -0.4 is 0 Å². The second-order valence-electron chi connectivity index (χ2n) is 5.41. The van der Waals surface area contributed by atoms with E-state index in [4.69, 9.17) is 9.47 Å². The average molecular weight is 326 g/mol. The molecule has 0 unspecified atom stereocenters. The second-order valence-corrected chi connectivity index (χ2v) is 5.41. The zero-order valence-corrected chi connectivity index (χ0v) is 14.2. The van der Waals surface area contributed by atoms with E-state index < -0.39 is 0 Å². The van der Waals surface area contributed by atoms with Gasteiger partial charge >= 0.3 is 11.9 Å². The number of esters is 2. The van der Waals surface area contributed by atoms with Gasteiger partial charge in [0.15, 0.2) is 0 Å². The molecule has 24 heavy (non-hydrogen) atoms. The Balaban J connectivity index is 2.27. The number of rotatable bonds is 6. The highest BCUT2D eigenvalue weighted by atomic mass is 16.5. The van der Waals surface area contributed by atoms with Crippen LogP contribution in [0.4, 0.5) is 0 Å². The molecule has 4 heteroatoms. The summed E-state index contributed by atoms with van der Waals surface area (Å²) in [5, 5.41) is 0. The van der Waals surface area contributed by atoms with Gasteiger partial charge in [-0.25, -0.2) is 9.59 Å². The molecule has 2 rings (SSSR count). The highest BCUT2D eigenvalue weighted by Crippen LogP contribution is 2.26. The van der Waals surface area contributed by atoms with E-state index in [0.29, 0.717) is 24.3 Å². The van der Waals surface area contributed by atoms with Gasteiger partial charge in [-0.15, -0.1) is 0 Å². The largest absolute Gasteiger partial charge is 0.462 e. The molecule has 0 atom stereocenters. The smallest absolute Gasteiger partial charge is 0.338 e. The van der Waals surface area contributed by atoms with Gasteiger partial charge in [0.05, 0.1) is 24.3 Å². The third kappa shape index (κ3) is 4.22. The van der Waals surface area contributed by atoms with Gasteiger partial charge in [-0.2, -0.15) is 0 Å². The third-order valence-corrected chi connectivity index (χ3v) is 3.80. The van der Waals surface area contributed by atoms with Crippen molar-refractivity contribution in [1.82, 2.24) is 0 Å². The topological polar surface area (TPSA) is 52.6 Å². The summed E-state index contributed by atoms with van der Waals surface area (Å²) in [5.41, 5.74) is 3.04.